The minimum absolute atomic E-state index is 0.122. The summed E-state index contributed by atoms with van der Waals surface area (Å²) in [6, 6.07) is 3.14. The number of aryl methyl sites for hydroxylation is 1. The zero-order valence-corrected chi connectivity index (χ0v) is 10.5. The van der Waals surface area contributed by atoms with E-state index in [0.717, 1.165) is 0 Å². The van der Waals surface area contributed by atoms with E-state index in [4.69, 9.17) is 9.15 Å². The Balaban J connectivity index is 2.12. The van der Waals surface area contributed by atoms with Crippen molar-refractivity contribution < 1.29 is 18.7 Å². The molecule has 7 nitrogen and oxygen atoms in total. The van der Waals surface area contributed by atoms with Gasteiger partial charge in [-0.1, -0.05) is 0 Å². The fourth-order valence-corrected chi connectivity index (χ4v) is 1.50. The molecule has 0 aromatic carbocycles. The van der Waals surface area contributed by atoms with Crippen LogP contribution < -0.4 is 5.32 Å². The number of hydrogen-bond acceptors (Lipinski definition) is 5. The third kappa shape index (κ3) is 2.82. The lowest BCUT2D eigenvalue weighted by atomic mass is 10.4. The summed E-state index contributed by atoms with van der Waals surface area (Å²) in [6.07, 6.45) is 2.92. The average Bonchev–Trinajstić information content (AvgIpc) is 2.99. The summed E-state index contributed by atoms with van der Waals surface area (Å²) in [5.74, 6) is -0.422. The van der Waals surface area contributed by atoms with Gasteiger partial charge in [-0.05, 0) is 19.1 Å². The van der Waals surface area contributed by atoms with Gasteiger partial charge in [0, 0.05) is 13.2 Å². The lowest BCUT2D eigenvalue weighted by Crippen LogP contribution is -2.12. The van der Waals surface area contributed by atoms with Crippen molar-refractivity contribution in [1.29, 1.82) is 0 Å². The normalized spacial score (nSPS) is 10.2. The molecule has 2 heterocycles. The summed E-state index contributed by atoms with van der Waals surface area (Å²) in [7, 11) is 1.64. The number of furan rings is 1. The van der Waals surface area contributed by atoms with Gasteiger partial charge < -0.3 is 19.0 Å². The predicted molar refractivity (Wildman–Crippen MR) is 65.8 cm³/mol. The average molecular weight is 263 g/mol. The standard InChI is InChI=1S/C12H13N3O4/c1-3-18-12(17)10-13-9(7-15(10)2)14-11(16)8-5-4-6-19-8/h4-7H,3H2,1-2H3,(H,14,16). The molecule has 0 bridgehead atoms. The van der Waals surface area contributed by atoms with Gasteiger partial charge in [0.25, 0.3) is 5.91 Å². The van der Waals surface area contributed by atoms with Crippen LogP contribution in [0.3, 0.4) is 0 Å². The third-order valence-corrected chi connectivity index (χ3v) is 2.32. The third-order valence-electron chi connectivity index (χ3n) is 2.32. The largest absolute Gasteiger partial charge is 0.460 e. The predicted octanol–water partition coefficient (Wildman–Crippen LogP) is 1.44. The highest BCUT2D eigenvalue weighted by Gasteiger charge is 2.17. The van der Waals surface area contributed by atoms with Crippen molar-refractivity contribution in [2.45, 2.75) is 6.92 Å². The Bertz CT molecular complexity index is 586. The number of imidazole rings is 1. The number of ether oxygens (including phenoxy) is 1. The van der Waals surface area contributed by atoms with Crippen LogP contribution in [-0.2, 0) is 11.8 Å². The Morgan fingerprint density at radius 3 is 2.95 bits per heavy atom. The van der Waals surface area contributed by atoms with Crippen LogP contribution in [-0.4, -0.2) is 28.0 Å². The molecule has 7 heteroatoms. The van der Waals surface area contributed by atoms with Gasteiger partial charge in [0.2, 0.25) is 5.82 Å². The SMILES string of the molecule is CCOC(=O)c1nc(NC(=O)c2ccco2)cn1C. The minimum Gasteiger partial charge on any atom is -0.460 e. The van der Waals surface area contributed by atoms with Crippen molar-refractivity contribution in [3.63, 3.8) is 0 Å². The molecule has 1 amide bonds. The van der Waals surface area contributed by atoms with Crippen LogP contribution in [0.15, 0.2) is 29.0 Å². The van der Waals surface area contributed by atoms with Gasteiger partial charge in [0.1, 0.15) is 0 Å². The minimum atomic E-state index is -0.538. The fourth-order valence-electron chi connectivity index (χ4n) is 1.50. The molecule has 0 saturated carbocycles. The molecule has 19 heavy (non-hydrogen) atoms. The molecule has 0 aliphatic rings. The van der Waals surface area contributed by atoms with Gasteiger partial charge in [-0.2, -0.15) is 0 Å². The first-order valence-corrected chi connectivity index (χ1v) is 5.67. The number of esters is 1. The van der Waals surface area contributed by atoms with Crippen molar-refractivity contribution in [3.05, 3.63) is 36.2 Å². The molecule has 0 aliphatic heterocycles. The number of amides is 1. The van der Waals surface area contributed by atoms with Crippen LogP contribution in [0.2, 0.25) is 0 Å². The molecule has 0 radical (unpaired) electrons. The van der Waals surface area contributed by atoms with Crippen LogP contribution in [0.1, 0.15) is 28.1 Å². The highest BCUT2D eigenvalue weighted by molar-refractivity contribution is 6.01. The van der Waals surface area contributed by atoms with Gasteiger partial charge in [0.15, 0.2) is 11.6 Å². The molecule has 100 valence electrons. The second kappa shape index (κ2) is 5.38. The van der Waals surface area contributed by atoms with E-state index in [0.29, 0.717) is 0 Å². The fraction of sp³-hybridized carbons (Fsp3) is 0.250. The number of nitrogens with zero attached hydrogens (tertiary/aromatic N) is 2. The summed E-state index contributed by atoms with van der Waals surface area (Å²) < 4.78 is 11.3. The first kappa shape index (κ1) is 12.9. The monoisotopic (exact) mass is 263 g/mol. The van der Waals surface area contributed by atoms with Crippen molar-refractivity contribution in [2.24, 2.45) is 7.05 Å². The molecule has 2 aromatic rings. The maximum atomic E-state index is 11.7. The molecule has 0 aliphatic carbocycles. The zero-order chi connectivity index (χ0) is 13.8. The van der Waals surface area contributed by atoms with E-state index in [1.54, 1.807) is 20.0 Å². The van der Waals surface area contributed by atoms with Crippen LogP contribution in [0, 0.1) is 0 Å². The summed E-state index contributed by atoms with van der Waals surface area (Å²) >= 11 is 0. The number of hydrogen-bond donors (Lipinski definition) is 1. The maximum absolute atomic E-state index is 11.7. The van der Waals surface area contributed by atoms with E-state index in [1.165, 1.54) is 23.1 Å². The van der Waals surface area contributed by atoms with Crippen molar-refractivity contribution >= 4 is 17.7 Å². The van der Waals surface area contributed by atoms with Crippen molar-refractivity contribution in [1.82, 2.24) is 9.55 Å². The first-order chi connectivity index (χ1) is 9.11. The Kier molecular flexibility index (Phi) is 3.65. The van der Waals surface area contributed by atoms with Gasteiger partial charge in [-0.15, -0.1) is 0 Å². The highest BCUT2D eigenvalue weighted by Crippen LogP contribution is 2.10. The van der Waals surface area contributed by atoms with E-state index in [2.05, 4.69) is 10.3 Å². The maximum Gasteiger partial charge on any atom is 0.374 e. The Morgan fingerprint density at radius 1 is 1.53 bits per heavy atom. The molecule has 0 atom stereocenters. The zero-order valence-electron chi connectivity index (χ0n) is 10.5. The van der Waals surface area contributed by atoms with Crippen LogP contribution in [0.5, 0.6) is 0 Å². The second-order valence-electron chi connectivity index (χ2n) is 3.71. The summed E-state index contributed by atoms with van der Waals surface area (Å²) in [6.45, 7) is 1.97. The number of anilines is 1. The topological polar surface area (TPSA) is 86.4 Å². The number of carbonyl (C=O) groups is 2. The van der Waals surface area contributed by atoms with E-state index in [-0.39, 0.29) is 24.0 Å². The lowest BCUT2D eigenvalue weighted by Gasteiger charge is -1.99. The molecule has 0 saturated heterocycles. The van der Waals surface area contributed by atoms with Gasteiger partial charge in [0.05, 0.1) is 12.9 Å². The van der Waals surface area contributed by atoms with Crippen LogP contribution >= 0.6 is 0 Å². The number of carbonyl (C=O) groups excluding carboxylic acids is 2. The first-order valence-electron chi connectivity index (χ1n) is 5.67. The molecular weight excluding hydrogens is 250 g/mol. The highest BCUT2D eigenvalue weighted by atomic mass is 16.5. The second-order valence-corrected chi connectivity index (χ2v) is 3.71. The summed E-state index contributed by atoms with van der Waals surface area (Å²) in [5.41, 5.74) is 0. The number of rotatable bonds is 4. The van der Waals surface area contributed by atoms with E-state index in [1.807, 2.05) is 0 Å². The Labute approximate surface area is 109 Å². The van der Waals surface area contributed by atoms with Gasteiger partial charge in [-0.3, -0.25) is 4.79 Å². The Morgan fingerprint density at radius 2 is 2.32 bits per heavy atom. The molecule has 2 rings (SSSR count). The summed E-state index contributed by atoms with van der Waals surface area (Å²) in [5, 5.41) is 2.53. The molecule has 1 N–H and O–H groups in total. The van der Waals surface area contributed by atoms with Crippen LogP contribution in [0.4, 0.5) is 5.82 Å². The van der Waals surface area contributed by atoms with E-state index in [9.17, 15) is 9.59 Å². The van der Waals surface area contributed by atoms with Crippen molar-refractivity contribution in [3.8, 4) is 0 Å². The van der Waals surface area contributed by atoms with Gasteiger partial charge >= 0.3 is 5.97 Å². The smallest absolute Gasteiger partial charge is 0.374 e. The van der Waals surface area contributed by atoms with Crippen molar-refractivity contribution in [2.75, 3.05) is 11.9 Å². The number of aromatic nitrogens is 2. The lowest BCUT2D eigenvalue weighted by molar-refractivity contribution is 0.0508. The Hall–Kier alpha value is -2.57. The quantitative estimate of drug-likeness (QED) is 0.843. The van der Waals surface area contributed by atoms with E-state index < -0.39 is 11.9 Å². The van der Waals surface area contributed by atoms with Crippen LogP contribution in [0.25, 0.3) is 0 Å². The van der Waals surface area contributed by atoms with E-state index >= 15 is 0 Å². The van der Waals surface area contributed by atoms with Gasteiger partial charge in [-0.25, -0.2) is 9.78 Å². The molecule has 0 fully saturated rings. The molecule has 2 aromatic heterocycles. The molecule has 0 unspecified atom stereocenters. The number of nitrogens with one attached hydrogen (secondary N) is 1. The molecule has 0 spiro atoms. The molecular formula is C12H13N3O4. The summed E-state index contributed by atoms with van der Waals surface area (Å²) in [4.78, 5) is 27.3.